The Morgan fingerprint density at radius 2 is 1.44 bits per heavy atom. The molecule has 3 N–H and O–H groups in total. The Labute approximate surface area is 208 Å². The van der Waals surface area contributed by atoms with Crippen LogP contribution in [0.4, 0.5) is 9.59 Å². The molecule has 202 valence electrons. The number of hydrogen-bond acceptors (Lipinski definition) is 10. The van der Waals surface area contributed by atoms with Crippen molar-refractivity contribution < 1.29 is 52.1 Å². The maximum absolute atomic E-state index is 13.2. The third-order valence-electron chi connectivity index (χ3n) is 4.25. The number of carbonyl (C=O) groups excluding carboxylic acids is 2. The second kappa shape index (κ2) is 16.3. The first-order chi connectivity index (χ1) is 17.1. The first-order valence-electron chi connectivity index (χ1n) is 10.9. The zero-order valence-electron chi connectivity index (χ0n) is 20.4. The van der Waals surface area contributed by atoms with Crippen molar-refractivity contribution >= 4 is 32.0 Å². The summed E-state index contributed by atoms with van der Waals surface area (Å²) < 4.78 is 46.0. The van der Waals surface area contributed by atoms with E-state index in [0.29, 0.717) is 0 Å². The molecule has 0 saturated carbocycles. The average Bonchev–Trinajstić information content (AvgIpc) is 2.83. The lowest BCUT2D eigenvalue weighted by Crippen LogP contribution is -2.47. The Bertz CT molecular complexity index is 884. The summed E-state index contributed by atoms with van der Waals surface area (Å²) in [5, 5.41) is 9.69. The third-order valence-corrected chi connectivity index (χ3v) is 5.72. The van der Waals surface area contributed by atoms with Crippen molar-refractivity contribution in [2.75, 3.05) is 46.7 Å². The molecular weight excluding hydrogens is 501 g/mol. The summed E-state index contributed by atoms with van der Waals surface area (Å²) >= 11 is 0. The SMILES string of the molecule is CCOC(=O)OCCOP(=O)(N=C(N)N(C)C(Cc1ccccc1)C(=O)O)OCCOC(=O)OCC. The molecule has 0 radical (unpaired) electrons. The maximum atomic E-state index is 13.2. The molecule has 0 amide bonds. The lowest BCUT2D eigenvalue weighted by molar-refractivity contribution is -0.141. The third kappa shape index (κ3) is 11.9. The van der Waals surface area contributed by atoms with Gasteiger partial charge in [-0.05, 0) is 19.4 Å². The smallest absolute Gasteiger partial charge is 0.480 e. The lowest BCUT2D eigenvalue weighted by atomic mass is 10.1. The van der Waals surface area contributed by atoms with Gasteiger partial charge in [0.1, 0.15) is 19.3 Å². The number of carbonyl (C=O) groups is 3. The van der Waals surface area contributed by atoms with Crippen LogP contribution in [0.2, 0.25) is 0 Å². The molecular formula is C21H32N3O11P. The molecule has 0 aromatic heterocycles. The summed E-state index contributed by atoms with van der Waals surface area (Å²) in [4.78, 5) is 35.5. The molecule has 0 aliphatic rings. The zero-order chi connectivity index (χ0) is 27.0. The minimum Gasteiger partial charge on any atom is -0.480 e. The van der Waals surface area contributed by atoms with Crippen molar-refractivity contribution in [1.82, 2.24) is 4.90 Å². The Balaban J connectivity index is 2.93. The van der Waals surface area contributed by atoms with Gasteiger partial charge >= 0.3 is 26.0 Å². The zero-order valence-corrected chi connectivity index (χ0v) is 21.3. The number of nitrogens with two attached hydrogens (primary N) is 1. The highest BCUT2D eigenvalue weighted by molar-refractivity contribution is 7.52. The predicted octanol–water partition coefficient (Wildman–Crippen LogP) is 2.42. The Kier molecular flexibility index (Phi) is 13.9. The molecule has 0 saturated heterocycles. The van der Waals surface area contributed by atoms with Crippen molar-refractivity contribution in [3.63, 3.8) is 0 Å². The van der Waals surface area contributed by atoms with E-state index in [9.17, 15) is 24.1 Å². The highest BCUT2D eigenvalue weighted by atomic mass is 31.2. The van der Waals surface area contributed by atoms with Gasteiger partial charge in [-0.25, -0.2) is 18.9 Å². The fourth-order valence-corrected chi connectivity index (χ4v) is 3.74. The minimum atomic E-state index is -4.37. The summed E-state index contributed by atoms with van der Waals surface area (Å²) in [7, 11) is -3.01. The number of rotatable bonds is 15. The summed E-state index contributed by atoms with van der Waals surface area (Å²) in [6.07, 6.45) is -1.82. The number of ether oxygens (including phenoxy) is 4. The van der Waals surface area contributed by atoms with Crippen LogP contribution in [0.3, 0.4) is 0 Å². The van der Waals surface area contributed by atoms with Gasteiger partial charge in [0, 0.05) is 13.5 Å². The van der Waals surface area contributed by atoms with E-state index < -0.39 is 51.2 Å². The molecule has 14 nitrogen and oxygen atoms in total. The van der Waals surface area contributed by atoms with Crippen LogP contribution < -0.4 is 5.73 Å². The predicted molar refractivity (Wildman–Crippen MR) is 126 cm³/mol. The quantitative estimate of drug-likeness (QED) is 0.110. The van der Waals surface area contributed by atoms with E-state index >= 15 is 0 Å². The van der Waals surface area contributed by atoms with E-state index in [1.165, 1.54) is 7.05 Å². The van der Waals surface area contributed by atoms with Crippen molar-refractivity contribution in [2.45, 2.75) is 26.3 Å². The van der Waals surface area contributed by atoms with Gasteiger partial charge in [-0.1, -0.05) is 30.3 Å². The highest BCUT2D eigenvalue weighted by Gasteiger charge is 2.30. The number of benzene rings is 1. The van der Waals surface area contributed by atoms with E-state index in [1.807, 2.05) is 0 Å². The van der Waals surface area contributed by atoms with Gasteiger partial charge in [-0.3, -0.25) is 9.05 Å². The molecule has 0 spiro atoms. The molecule has 1 rings (SSSR count). The van der Waals surface area contributed by atoms with Gasteiger partial charge in [0.2, 0.25) is 5.96 Å². The topological polar surface area (TPSA) is 186 Å². The number of nitrogens with zero attached hydrogens (tertiary/aromatic N) is 2. The number of carboxylic acid groups (broad SMARTS) is 1. The Hall–Kier alpha value is -3.35. The summed E-state index contributed by atoms with van der Waals surface area (Å²) in [6, 6.07) is 7.67. The lowest BCUT2D eigenvalue weighted by Gasteiger charge is -2.26. The molecule has 15 heteroatoms. The van der Waals surface area contributed by atoms with Crippen molar-refractivity contribution in [1.29, 1.82) is 0 Å². The summed E-state index contributed by atoms with van der Waals surface area (Å²) in [6.45, 7) is 1.86. The molecule has 0 aliphatic heterocycles. The largest absolute Gasteiger partial charge is 0.508 e. The van der Waals surface area contributed by atoms with Gasteiger partial charge in [0.25, 0.3) is 0 Å². The number of carboxylic acids is 1. The monoisotopic (exact) mass is 533 g/mol. The van der Waals surface area contributed by atoms with Crippen LogP contribution in [0.25, 0.3) is 0 Å². The molecule has 1 aromatic carbocycles. The van der Waals surface area contributed by atoms with E-state index in [4.69, 9.17) is 24.3 Å². The average molecular weight is 533 g/mol. The van der Waals surface area contributed by atoms with E-state index in [2.05, 4.69) is 14.2 Å². The number of hydrogen-bond donors (Lipinski definition) is 2. The van der Waals surface area contributed by atoms with Crippen LogP contribution in [-0.2, 0) is 43.8 Å². The minimum absolute atomic E-state index is 0.0790. The number of guanidine groups is 1. The molecule has 0 fully saturated rings. The molecule has 36 heavy (non-hydrogen) atoms. The van der Waals surface area contributed by atoms with Crippen LogP contribution in [0, 0.1) is 0 Å². The standard InChI is InChI=1S/C21H32N3O11P/c1-4-30-20(27)32-11-13-34-36(29,35-14-12-33-21(28)31-5-2)23-19(22)24(3)17(18(25)26)15-16-9-7-6-8-10-16/h6-10,17H,4-5,11-15H2,1-3H3,(H,25,26)(H2,22,23,29). The van der Waals surface area contributed by atoms with Gasteiger partial charge in [0.05, 0.1) is 26.4 Å². The van der Waals surface area contributed by atoms with Crippen molar-refractivity contribution in [3.8, 4) is 0 Å². The van der Waals surface area contributed by atoms with Crippen LogP contribution >= 0.6 is 7.75 Å². The van der Waals surface area contributed by atoms with Crippen molar-refractivity contribution in [3.05, 3.63) is 35.9 Å². The van der Waals surface area contributed by atoms with Gasteiger partial charge in [0.15, 0.2) is 0 Å². The van der Waals surface area contributed by atoms with E-state index in [0.717, 1.165) is 10.5 Å². The summed E-state index contributed by atoms with van der Waals surface area (Å²) in [5.41, 5.74) is 6.68. The van der Waals surface area contributed by atoms with Gasteiger partial charge in [-0.15, -0.1) is 4.76 Å². The van der Waals surface area contributed by atoms with Crippen LogP contribution in [-0.4, -0.2) is 87.0 Å². The van der Waals surface area contributed by atoms with E-state index in [-0.39, 0.29) is 32.8 Å². The normalized spacial score (nSPS) is 12.4. The summed E-state index contributed by atoms with van der Waals surface area (Å²) in [5.74, 6) is -1.64. The molecule has 0 heterocycles. The Morgan fingerprint density at radius 3 is 1.89 bits per heavy atom. The number of likely N-dealkylation sites (N-methyl/N-ethyl adjacent to an activating group) is 1. The van der Waals surface area contributed by atoms with Crippen LogP contribution in [0.5, 0.6) is 0 Å². The number of aliphatic carboxylic acids is 1. The molecule has 1 aromatic rings. The van der Waals surface area contributed by atoms with E-state index in [1.54, 1.807) is 44.2 Å². The molecule has 1 atom stereocenters. The van der Waals surface area contributed by atoms with Gasteiger partial charge < -0.3 is 34.7 Å². The van der Waals surface area contributed by atoms with Crippen LogP contribution in [0.15, 0.2) is 35.1 Å². The molecule has 1 unspecified atom stereocenters. The second-order valence-corrected chi connectivity index (χ2v) is 8.46. The van der Waals surface area contributed by atoms with Crippen LogP contribution in [0.1, 0.15) is 19.4 Å². The fraction of sp³-hybridized carbons (Fsp3) is 0.524. The van der Waals surface area contributed by atoms with Gasteiger partial charge in [-0.2, -0.15) is 0 Å². The Morgan fingerprint density at radius 1 is 0.944 bits per heavy atom. The first-order valence-corrected chi connectivity index (χ1v) is 12.4. The molecule has 0 bridgehead atoms. The van der Waals surface area contributed by atoms with Crippen molar-refractivity contribution in [2.24, 2.45) is 10.5 Å². The molecule has 0 aliphatic carbocycles. The second-order valence-electron chi connectivity index (χ2n) is 6.81. The maximum Gasteiger partial charge on any atom is 0.508 e. The first kappa shape index (κ1) is 30.7. The highest BCUT2D eigenvalue weighted by Crippen LogP contribution is 2.49. The fourth-order valence-electron chi connectivity index (χ4n) is 2.55.